The minimum absolute atomic E-state index is 0.118. The third-order valence-corrected chi connectivity index (χ3v) is 3.18. The van der Waals surface area contributed by atoms with Crippen LogP contribution in [0.1, 0.15) is 25.3 Å². The zero-order chi connectivity index (χ0) is 15.6. The number of nitrogens with zero attached hydrogens (tertiary/aromatic N) is 1. The molecule has 21 heavy (non-hydrogen) atoms. The highest BCUT2D eigenvalue weighted by Gasteiger charge is 2.17. The second-order valence-electron chi connectivity index (χ2n) is 4.87. The van der Waals surface area contributed by atoms with Crippen LogP contribution in [0.15, 0.2) is 23.0 Å². The lowest BCUT2D eigenvalue weighted by molar-refractivity contribution is 0.395. The van der Waals surface area contributed by atoms with Gasteiger partial charge in [-0.15, -0.1) is 0 Å². The van der Waals surface area contributed by atoms with E-state index in [2.05, 4.69) is 9.97 Å². The molecular weight excluding hydrogens is 272 g/mol. The largest absolute Gasteiger partial charge is 0.497 e. The first kappa shape index (κ1) is 14.9. The second kappa shape index (κ2) is 5.87. The molecule has 112 valence electrons. The van der Waals surface area contributed by atoms with E-state index in [1.807, 2.05) is 13.8 Å². The van der Waals surface area contributed by atoms with Gasteiger partial charge in [-0.1, -0.05) is 13.8 Å². The number of H-pyrrole nitrogens is 1. The lowest BCUT2D eigenvalue weighted by Gasteiger charge is -2.12. The monoisotopic (exact) mass is 290 g/mol. The van der Waals surface area contributed by atoms with Crippen molar-refractivity contribution in [3.63, 3.8) is 0 Å². The molecule has 2 N–H and O–H groups in total. The van der Waals surface area contributed by atoms with Crippen molar-refractivity contribution < 1.29 is 14.6 Å². The molecule has 0 aliphatic carbocycles. The summed E-state index contributed by atoms with van der Waals surface area (Å²) < 4.78 is 10.4. The van der Waals surface area contributed by atoms with E-state index in [9.17, 15) is 9.90 Å². The fourth-order valence-electron chi connectivity index (χ4n) is 2.11. The van der Waals surface area contributed by atoms with Gasteiger partial charge in [-0.25, -0.2) is 0 Å². The number of nitrogens with one attached hydrogen (secondary N) is 1. The van der Waals surface area contributed by atoms with Crippen molar-refractivity contribution in [3.8, 4) is 28.8 Å². The average molecular weight is 290 g/mol. The van der Waals surface area contributed by atoms with Gasteiger partial charge >= 0.3 is 0 Å². The summed E-state index contributed by atoms with van der Waals surface area (Å²) in [6.07, 6.45) is 0. The number of hydrogen-bond acceptors (Lipinski definition) is 5. The molecule has 6 heteroatoms. The molecule has 6 nitrogen and oxygen atoms in total. The number of aromatic nitrogens is 2. The van der Waals surface area contributed by atoms with Gasteiger partial charge in [-0.05, 0) is 18.1 Å². The number of aromatic amines is 1. The minimum atomic E-state index is -0.356. The highest BCUT2D eigenvalue weighted by atomic mass is 16.5. The van der Waals surface area contributed by atoms with Crippen LogP contribution < -0.4 is 15.0 Å². The van der Waals surface area contributed by atoms with Crippen LogP contribution in [-0.2, 0) is 0 Å². The topological polar surface area (TPSA) is 84.4 Å². The number of ether oxygens (including phenoxy) is 2. The number of aromatic hydroxyl groups is 1. The summed E-state index contributed by atoms with van der Waals surface area (Å²) >= 11 is 0. The van der Waals surface area contributed by atoms with E-state index in [1.54, 1.807) is 25.3 Å². The van der Waals surface area contributed by atoms with Crippen LogP contribution in [-0.4, -0.2) is 29.3 Å². The quantitative estimate of drug-likeness (QED) is 0.902. The molecule has 0 bridgehead atoms. The molecule has 0 aliphatic heterocycles. The summed E-state index contributed by atoms with van der Waals surface area (Å²) in [5, 5.41) is 9.97. The molecule has 0 fully saturated rings. The second-order valence-corrected chi connectivity index (χ2v) is 4.87. The van der Waals surface area contributed by atoms with E-state index in [0.717, 1.165) is 0 Å². The van der Waals surface area contributed by atoms with Crippen LogP contribution in [0.25, 0.3) is 11.4 Å². The maximum atomic E-state index is 12.1. The van der Waals surface area contributed by atoms with Crippen LogP contribution in [0, 0.1) is 0 Å². The van der Waals surface area contributed by atoms with Crippen molar-refractivity contribution in [1.29, 1.82) is 0 Å². The van der Waals surface area contributed by atoms with Gasteiger partial charge in [0.15, 0.2) is 0 Å². The van der Waals surface area contributed by atoms with Crippen LogP contribution in [0.5, 0.6) is 17.4 Å². The van der Waals surface area contributed by atoms with E-state index in [-0.39, 0.29) is 28.7 Å². The Labute approximate surface area is 122 Å². The number of rotatable bonds is 4. The Bertz CT molecular complexity index is 707. The molecule has 0 unspecified atom stereocenters. The van der Waals surface area contributed by atoms with Crippen LogP contribution in [0.4, 0.5) is 0 Å². The molecule has 1 heterocycles. The van der Waals surface area contributed by atoms with Crippen LogP contribution in [0.2, 0.25) is 0 Å². The van der Waals surface area contributed by atoms with Gasteiger partial charge in [-0.3, -0.25) is 4.79 Å². The van der Waals surface area contributed by atoms with E-state index in [1.165, 1.54) is 7.11 Å². The summed E-state index contributed by atoms with van der Waals surface area (Å²) in [5.41, 5.74) is 0.484. The third kappa shape index (κ3) is 2.84. The predicted octanol–water partition coefficient (Wildman–Crippen LogP) is 2.28. The lowest BCUT2D eigenvalue weighted by atomic mass is 10.1. The summed E-state index contributed by atoms with van der Waals surface area (Å²) in [6.45, 7) is 3.64. The Balaban J connectivity index is 2.60. The Morgan fingerprint density at radius 2 is 1.95 bits per heavy atom. The Hall–Kier alpha value is -2.50. The number of methoxy groups -OCH3 is 2. The fraction of sp³-hybridized carbons (Fsp3) is 0.333. The van der Waals surface area contributed by atoms with Crippen LogP contribution >= 0.6 is 0 Å². The van der Waals surface area contributed by atoms with Crippen molar-refractivity contribution >= 4 is 0 Å². The van der Waals surface area contributed by atoms with E-state index >= 15 is 0 Å². The van der Waals surface area contributed by atoms with Gasteiger partial charge in [0.25, 0.3) is 5.56 Å². The Kier molecular flexibility index (Phi) is 4.16. The number of hydrogen-bond donors (Lipinski definition) is 2. The lowest BCUT2D eigenvalue weighted by Crippen LogP contribution is -2.16. The van der Waals surface area contributed by atoms with Gasteiger partial charge < -0.3 is 19.6 Å². The zero-order valence-electron chi connectivity index (χ0n) is 12.4. The molecule has 0 saturated heterocycles. The summed E-state index contributed by atoms with van der Waals surface area (Å²) in [4.78, 5) is 18.8. The van der Waals surface area contributed by atoms with E-state index in [0.29, 0.717) is 17.1 Å². The molecule has 0 aliphatic rings. The maximum absolute atomic E-state index is 12.1. The molecule has 2 aromatic rings. The zero-order valence-corrected chi connectivity index (χ0v) is 12.4. The molecular formula is C15H18N2O4. The Morgan fingerprint density at radius 3 is 2.48 bits per heavy atom. The van der Waals surface area contributed by atoms with Crippen molar-refractivity contribution in [3.05, 3.63) is 34.1 Å². The highest BCUT2D eigenvalue weighted by molar-refractivity contribution is 5.66. The summed E-state index contributed by atoms with van der Waals surface area (Å²) in [7, 11) is 3.07. The molecule has 0 atom stereocenters. The predicted molar refractivity (Wildman–Crippen MR) is 79.2 cm³/mol. The smallest absolute Gasteiger partial charge is 0.258 e. The van der Waals surface area contributed by atoms with E-state index in [4.69, 9.17) is 9.47 Å². The molecule has 0 saturated carbocycles. The molecule has 1 aromatic carbocycles. The number of benzene rings is 1. The SMILES string of the molecule is COc1ccc(-c2nc(O)c(C(C)C)c(=O)[nH]2)c(OC)c1. The first-order valence-corrected chi connectivity index (χ1v) is 6.53. The van der Waals surface area contributed by atoms with Crippen molar-refractivity contribution in [2.45, 2.75) is 19.8 Å². The summed E-state index contributed by atoms with van der Waals surface area (Å²) in [6, 6.07) is 5.12. The highest BCUT2D eigenvalue weighted by Crippen LogP contribution is 2.32. The van der Waals surface area contributed by atoms with Gasteiger partial charge in [0.2, 0.25) is 5.88 Å². The van der Waals surface area contributed by atoms with Crippen molar-refractivity contribution in [1.82, 2.24) is 9.97 Å². The molecule has 0 amide bonds. The average Bonchev–Trinajstić information content (AvgIpc) is 2.45. The first-order valence-electron chi connectivity index (χ1n) is 6.53. The molecule has 0 radical (unpaired) electrons. The normalized spacial score (nSPS) is 10.7. The van der Waals surface area contributed by atoms with Gasteiger partial charge in [0.1, 0.15) is 17.3 Å². The van der Waals surface area contributed by atoms with Crippen LogP contribution in [0.3, 0.4) is 0 Å². The minimum Gasteiger partial charge on any atom is -0.497 e. The standard InChI is InChI=1S/C15H18N2O4/c1-8(2)12-14(18)16-13(17-15(12)19)10-6-5-9(20-3)7-11(10)21-4/h5-8H,1-4H3,(H2,16,17,18,19). The molecule has 0 spiro atoms. The molecule has 2 rings (SSSR count). The van der Waals surface area contributed by atoms with Gasteiger partial charge in [0.05, 0.1) is 25.3 Å². The fourth-order valence-corrected chi connectivity index (χ4v) is 2.11. The first-order chi connectivity index (χ1) is 9.97. The Morgan fingerprint density at radius 1 is 1.24 bits per heavy atom. The van der Waals surface area contributed by atoms with Crippen molar-refractivity contribution in [2.24, 2.45) is 0 Å². The van der Waals surface area contributed by atoms with E-state index < -0.39 is 0 Å². The maximum Gasteiger partial charge on any atom is 0.258 e. The summed E-state index contributed by atoms with van der Waals surface area (Å²) in [5.74, 6) is 0.992. The van der Waals surface area contributed by atoms with Gasteiger partial charge in [0, 0.05) is 6.07 Å². The van der Waals surface area contributed by atoms with Gasteiger partial charge in [-0.2, -0.15) is 4.98 Å². The molecule has 1 aromatic heterocycles. The third-order valence-electron chi connectivity index (χ3n) is 3.18. The van der Waals surface area contributed by atoms with Crippen molar-refractivity contribution in [2.75, 3.05) is 14.2 Å².